The number of hydrogen-bond donors (Lipinski definition) is 0. The Hall–Kier alpha value is -2.21. The molecule has 30 heavy (non-hydrogen) atoms. The summed E-state index contributed by atoms with van der Waals surface area (Å²) in [5.41, 5.74) is 2.02. The fourth-order valence-corrected chi connectivity index (χ4v) is 5.29. The number of amides is 2. The van der Waals surface area contributed by atoms with E-state index in [1.54, 1.807) is 28.4 Å². The summed E-state index contributed by atoms with van der Waals surface area (Å²) in [7, 11) is 0. The minimum atomic E-state index is -0.285. The van der Waals surface area contributed by atoms with Gasteiger partial charge in [-0.15, -0.1) is 11.3 Å². The summed E-state index contributed by atoms with van der Waals surface area (Å²) in [6.45, 7) is 4.80. The molecule has 160 valence electrons. The number of rotatable bonds is 6. The zero-order valence-electron chi connectivity index (χ0n) is 17.6. The Kier molecular flexibility index (Phi) is 6.23. The van der Waals surface area contributed by atoms with Crippen molar-refractivity contribution in [2.24, 2.45) is 5.92 Å². The van der Waals surface area contributed by atoms with Crippen LogP contribution in [0.2, 0.25) is 0 Å². The zero-order valence-corrected chi connectivity index (χ0v) is 18.5. The van der Waals surface area contributed by atoms with E-state index in [0.717, 1.165) is 43.2 Å². The molecule has 6 heteroatoms. The van der Waals surface area contributed by atoms with Crippen LogP contribution in [-0.4, -0.2) is 40.7 Å². The van der Waals surface area contributed by atoms with Crippen LogP contribution >= 0.6 is 11.3 Å². The molecule has 0 bridgehead atoms. The van der Waals surface area contributed by atoms with Crippen molar-refractivity contribution in [2.75, 3.05) is 13.1 Å². The van der Waals surface area contributed by atoms with E-state index in [4.69, 9.17) is 0 Å². The summed E-state index contributed by atoms with van der Waals surface area (Å²) in [4.78, 5) is 31.5. The fraction of sp³-hybridized carbons (Fsp3) is 0.500. The molecule has 1 aromatic heterocycles. The van der Waals surface area contributed by atoms with Crippen LogP contribution in [0.4, 0.5) is 4.39 Å². The van der Waals surface area contributed by atoms with Crippen molar-refractivity contribution in [3.8, 4) is 0 Å². The maximum Gasteiger partial charge on any atom is 0.243 e. The van der Waals surface area contributed by atoms with Crippen LogP contribution in [0.3, 0.4) is 0 Å². The van der Waals surface area contributed by atoms with E-state index in [1.807, 2.05) is 11.8 Å². The lowest BCUT2D eigenvalue weighted by Gasteiger charge is -2.40. The van der Waals surface area contributed by atoms with Gasteiger partial charge in [0.15, 0.2) is 0 Å². The maximum absolute atomic E-state index is 13.5. The van der Waals surface area contributed by atoms with E-state index >= 15 is 0 Å². The van der Waals surface area contributed by atoms with Crippen LogP contribution in [0.1, 0.15) is 61.6 Å². The van der Waals surface area contributed by atoms with Gasteiger partial charge in [0.25, 0.3) is 0 Å². The molecule has 4 nitrogen and oxygen atoms in total. The SMILES string of the molecule is CCC(C)N(CC(=O)N1CCc2sccc2C1c1ccc(F)cc1)C(=O)C1CCC1. The standard InChI is InChI=1S/C24H29FN2O2S/c1-3-16(2)27(24(29)18-5-4-6-18)15-22(28)26-13-11-21-20(12-14-30-21)23(26)17-7-9-19(25)10-8-17/h7-10,12,14,16,18,23H,3-6,11,13,15H2,1-2H3. The Balaban J connectivity index is 1.60. The van der Waals surface area contributed by atoms with Crippen molar-refractivity contribution < 1.29 is 14.0 Å². The molecule has 1 aromatic carbocycles. The molecular weight excluding hydrogens is 399 g/mol. The van der Waals surface area contributed by atoms with Crippen LogP contribution in [0.15, 0.2) is 35.7 Å². The quantitative estimate of drug-likeness (QED) is 0.664. The summed E-state index contributed by atoms with van der Waals surface area (Å²) in [5.74, 6) is -0.124. The minimum absolute atomic E-state index is 0.0332. The smallest absolute Gasteiger partial charge is 0.243 e. The van der Waals surface area contributed by atoms with Gasteiger partial charge in [0.2, 0.25) is 11.8 Å². The molecule has 2 aliphatic rings. The Labute approximate surface area is 181 Å². The van der Waals surface area contributed by atoms with Gasteiger partial charge in [-0.25, -0.2) is 4.39 Å². The molecule has 1 aliphatic heterocycles. The number of fused-ring (bicyclic) bond motifs is 1. The number of carbonyl (C=O) groups excluding carboxylic acids is 2. The first-order chi connectivity index (χ1) is 14.5. The van der Waals surface area contributed by atoms with E-state index in [-0.39, 0.29) is 42.2 Å². The Bertz CT molecular complexity index is 906. The first-order valence-corrected chi connectivity index (χ1v) is 11.8. The number of benzene rings is 1. The molecule has 0 saturated heterocycles. The van der Waals surface area contributed by atoms with E-state index in [1.165, 1.54) is 17.0 Å². The normalized spacial score (nSPS) is 19.7. The van der Waals surface area contributed by atoms with Crippen molar-refractivity contribution in [3.63, 3.8) is 0 Å². The Morgan fingerprint density at radius 2 is 1.97 bits per heavy atom. The van der Waals surface area contributed by atoms with Crippen LogP contribution in [-0.2, 0) is 16.0 Å². The topological polar surface area (TPSA) is 40.6 Å². The molecule has 2 aromatic rings. The summed E-state index contributed by atoms with van der Waals surface area (Å²) in [6.07, 6.45) is 4.59. The third-order valence-corrected chi connectivity index (χ3v) is 7.63. The average Bonchev–Trinajstić information content (AvgIpc) is 3.18. The highest BCUT2D eigenvalue weighted by molar-refractivity contribution is 7.10. The molecule has 1 aliphatic carbocycles. The van der Waals surface area contributed by atoms with Crippen molar-refractivity contribution in [1.29, 1.82) is 0 Å². The predicted molar refractivity (Wildman–Crippen MR) is 117 cm³/mol. The molecule has 1 fully saturated rings. The van der Waals surface area contributed by atoms with Crippen LogP contribution < -0.4 is 0 Å². The van der Waals surface area contributed by atoms with E-state index < -0.39 is 0 Å². The number of nitrogens with zero attached hydrogens (tertiary/aromatic N) is 2. The minimum Gasteiger partial charge on any atom is -0.330 e. The van der Waals surface area contributed by atoms with Gasteiger partial charge in [-0.3, -0.25) is 9.59 Å². The van der Waals surface area contributed by atoms with Crippen molar-refractivity contribution in [1.82, 2.24) is 9.80 Å². The van der Waals surface area contributed by atoms with Crippen LogP contribution in [0.25, 0.3) is 0 Å². The van der Waals surface area contributed by atoms with Crippen LogP contribution in [0.5, 0.6) is 0 Å². The van der Waals surface area contributed by atoms with Crippen molar-refractivity contribution >= 4 is 23.2 Å². The molecule has 2 heterocycles. The lowest BCUT2D eigenvalue weighted by Crippen LogP contribution is -2.51. The molecule has 4 rings (SSSR count). The van der Waals surface area contributed by atoms with Gasteiger partial charge in [0, 0.05) is 23.4 Å². The second-order valence-electron chi connectivity index (χ2n) is 8.44. The Morgan fingerprint density at radius 1 is 1.23 bits per heavy atom. The largest absolute Gasteiger partial charge is 0.330 e. The lowest BCUT2D eigenvalue weighted by atomic mass is 9.84. The molecule has 2 atom stereocenters. The van der Waals surface area contributed by atoms with Gasteiger partial charge < -0.3 is 9.80 Å². The highest BCUT2D eigenvalue weighted by Gasteiger charge is 2.37. The zero-order chi connectivity index (χ0) is 21.3. The summed E-state index contributed by atoms with van der Waals surface area (Å²) < 4.78 is 13.5. The Morgan fingerprint density at radius 3 is 2.60 bits per heavy atom. The molecule has 0 spiro atoms. The van der Waals surface area contributed by atoms with Crippen molar-refractivity contribution in [3.05, 3.63) is 57.5 Å². The molecule has 1 saturated carbocycles. The van der Waals surface area contributed by atoms with Gasteiger partial charge in [0.05, 0.1) is 6.04 Å². The van der Waals surface area contributed by atoms with Gasteiger partial charge in [-0.2, -0.15) is 0 Å². The lowest BCUT2D eigenvalue weighted by molar-refractivity contribution is -0.147. The van der Waals surface area contributed by atoms with Crippen molar-refractivity contribution in [2.45, 2.75) is 58.0 Å². The molecule has 0 N–H and O–H groups in total. The van der Waals surface area contributed by atoms with E-state index in [0.29, 0.717) is 6.54 Å². The number of carbonyl (C=O) groups is 2. The summed E-state index contributed by atoms with van der Waals surface area (Å²) >= 11 is 1.71. The predicted octanol–water partition coefficient (Wildman–Crippen LogP) is 4.79. The number of hydrogen-bond acceptors (Lipinski definition) is 3. The van der Waals surface area contributed by atoms with E-state index in [2.05, 4.69) is 18.4 Å². The third-order valence-electron chi connectivity index (χ3n) is 6.64. The summed E-state index contributed by atoms with van der Waals surface area (Å²) in [5, 5.41) is 2.06. The summed E-state index contributed by atoms with van der Waals surface area (Å²) in [6, 6.07) is 8.30. The van der Waals surface area contributed by atoms with Gasteiger partial charge in [0.1, 0.15) is 12.4 Å². The molecule has 2 amide bonds. The monoisotopic (exact) mass is 428 g/mol. The van der Waals surface area contributed by atoms with E-state index in [9.17, 15) is 14.0 Å². The second-order valence-corrected chi connectivity index (χ2v) is 9.44. The maximum atomic E-state index is 13.5. The fourth-order valence-electron chi connectivity index (χ4n) is 4.39. The van der Waals surface area contributed by atoms with Gasteiger partial charge in [-0.05, 0) is 67.3 Å². The molecular formula is C24H29FN2O2S. The highest BCUT2D eigenvalue weighted by atomic mass is 32.1. The average molecular weight is 429 g/mol. The number of thiophene rings is 1. The highest BCUT2D eigenvalue weighted by Crippen LogP contribution is 2.38. The molecule has 0 radical (unpaired) electrons. The van der Waals surface area contributed by atoms with Crippen LogP contribution in [0, 0.1) is 11.7 Å². The first kappa shape index (κ1) is 21.0. The second kappa shape index (κ2) is 8.88. The first-order valence-electron chi connectivity index (χ1n) is 10.9. The number of halogens is 1. The molecule has 2 unspecified atom stereocenters. The van der Waals surface area contributed by atoms with Gasteiger partial charge in [-0.1, -0.05) is 25.5 Å². The van der Waals surface area contributed by atoms with Gasteiger partial charge >= 0.3 is 0 Å². The third kappa shape index (κ3) is 4.02.